The Bertz CT molecular complexity index is 754. The number of esters is 1. The fraction of sp³-hybridized carbons (Fsp3) is 0.250. The highest BCUT2D eigenvalue weighted by Crippen LogP contribution is 2.19. The van der Waals surface area contributed by atoms with Gasteiger partial charge in [0.25, 0.3) is 0 Å². The average molecular weight is 354 g/mol. The number of aromatic nitrogens is 1. The number of nitrogens with zero attached hydrogens (tertiary/aromatic N) is 1. The number of methoxy groups -OCH3 is 1. The molecule has 2 rings (SSSR count). The van der Waals surface area contributed by atoms with E-state index in [-0.39, 0.29) is 5.91 Å². The van der Waals surface area contributed by atoms with Gasteiger partial charge in [0.1, 0.15) is 17.7 Å². The number of ether oxygens (including phenoxy) is 2. The molecule has 0 saturated carbocycles. The lowest BCUT2D eigenvalue weighted by Crippen LogP contribution is -2.13. The van der Waals surface area contributed by atoms with Crippen LogP contribution in [0.1, 0.15) is 30.6 Å². The maximum absolute atomic E-state index is 12.1. The quantitative estimate of drug-likeness (QED) is 0.580. The van der Waals surface area contributed by atoms with Crippen LogP contribution in [0.25, 0.3) is 0 Å². The Morgan fingerprint density at radius 2 is 1.96 bits per heavy atom. The largest absolute Gasteiger partial charge is 0.497 e. The van der Waals surface area contributed by atoms with Gasteiger partial charge in [-0.15, -0.1) is 0 Å². The molecule has 0 bridgehead atoms. The van der Waals surface area contributed by atoms with Crippen molar-refractivity contribution >= 4 is 17.7 Å². The zero-order valence-electron chi connectivity index (χ0n) is 14.9. The highest BCUT2D eigenvalue weighted by Gasteiger charge is 2.11. The fourth-order valence-corrected chi connectivity index (χ4v) is 2.33. The van der Waals surface area contributed by atoms with E-state index in [1.165, 1.54) is 13.0 Å². The number of amides is 1. The minimum atomic E-state index is -0.556. The first kappa shape index (κ1) is 19.2. The van der Waals surface area contributed by atoms with Crippen LogP contribution in [0.15, 0.2) is 55.3 Å². The molecule has 0 aliphatic heterocycles. The van der Waals surface area contributed by atoms with E-state index in [0.29, 0.717) is 24.2 Å². The number of nitrogens with one attached hydrogen (secondary N) is 1. The molecule has 1 atom stereocenters. The van der Waals surface area contributed by atoms with Crippen molar-refractivity contribution in [1.82, 2.24) is 4.98 Å². The molecule has 1 unspecified atom stereocenters. The summed E-state index contributed by atoms with van der Waals surface area (Å²) >= 11 is 0. The summed E-state index contributed by atoms with van der Waals surface area (Å²) < 4.78 is 10.2. The minimum Gasteiger partial charge on any atom is -0.497 e. The number of carbonyl (C=O) groups is 2. The molecule has 0 fully saturated rings. The van der Waals surface area contributed by atoms with Gasteiger partial charge < -0.3 is 14.8 Å². The molecule has 1 aromatic carbocycles. The summed E-state index contributed by atoms with van der Waals surface area (Å²) in [5.41, 5.74) is 1.74. The van der Waals surface area contributed by atoms with Crippen LogP contribution in [0.5, 0.6) is 5.75 Å². The average Bonchev–Trinajstić information content (AvgIpc) is 2.65. The van der Waals surface area contributed by atoms with Crippen molar-refractivity contribution in [2.75, 3.05) is 12.4 Å². The topological polar surface area (TPSA) is 77.5 Å². The van der Waals surface area contributed by atoms with Crippen LogP contribution in [0.4, 0.5) is 5.82 Å². The Labute approximate surface area is 152 Å². The number of pyridine rings is 1. The molecule has 0 saturated heterocycles. The highest BCUT2D eigenvalue weighted by molar-refractivity contribution is 5.89. The van der Waals surface area contributed by atoms with E-state index in [0.717, 1.165) is 11.3 Å². The maximum atomic E-state index is 12.1. The van der Waals surface area contributed by atoms with Crippen LogP contribution < -0.4 is 10.1 Å². The second-order valence-corrected chi connectivity index (χ2v) is 5.64. The van der Waals surface area contributed by atoms with Gasteiger partial charge in [-0.05, 0) is 42.3 Å². The predicted molar refractivity (Wildman–Crippen MR) is 98.9 cm³/mol. The minimum absolute atomic E-state index is 0.124. The number of aryl methyl sites for hydroxylation is 1. The number of anilines is 1. The Kier molecular flexibility index (Phi) is 6.91. The van der Waals surface area contributed by atoms with E-state index in [1.807, 2.05) is 24.3 Å². The third-order valence-electron chi connectivity index (χ3n) is 3.69. The monoisotopic (exact) mass is 354 g/mol. The van der Waals surface area contributed by atoms with Crippen molar-refractivity contribution in [1.29, 1.82) is 0 Å². The van der Waals surface area contributed by atoms with Crippen molar-refractivity contribution < 1.29 is 19.1 Å². The van der Waals surface area contributed by atoms with Crippen molar-refractivity contribution in [2.45, 2.75) is 25.9 Å². The Morgan fingerprint density at radius 1 is 1.23 bits per heavy atom. The zero-order valence-corrected chi connectivity index (χ0v) is 14.9. The Morgan fingerprint density at radius 3 is 2.50 bits per heavy atom. The van der Waals surface area contributed by atoms with E-state index in [4.69, 9.17) is 9.47 Å². The third-order valence-corrected chi connectivity index (χ3v) is 3.69. The molecule has 136 valence electrons. The SMILES string of the molecule is C=CC(OC(C)=O)c1ccc(NC(=O)CCc2ccc(OC)cc2)nc1. The summed E-state index contributed by atoms with van der Waals surface area (Å²) in [6, 6.07) is 11.0. The molecule has 0 radical (unpaired) electrons. The summed E-state index contributed by atoms with van der Waals surface area (Å²) in [5.74, 6) is 0.709. The van der Waals surface area contributed by atoms with Crippen LogP contribution in [0, 0.1) is 0 Å². The van der Waals surface area contributed by atoms with Gasteiger partial charge in [0.2, 0.25) is 5.91 Å². The Hall–Kier alpha value is -3.15. The van der Waals surface area contributed by atoms with Gasteiger partial charge in [-0.1, -0.05) is 18.7 Å². The predicted octanol–water partition coefficient (Wildman–Crippen LogP) is 3.45. The summed E-state index contributed by atoms with van der Waals surface area (Å²) in [5, 5.41) is 2.75. The molecule has 0 aliphatic rings. The molecule has 0 spiro atoms. The lowest BCUT2D eigenvalue weighted by Gasteiger charge is -2.13. The lowest BCUT2D eigenvalue weighted by molar-refractivity contribution is -0.144. The van der Waals surface area contributed by atoms with Gasteiger partial charge >= 0.3 is 5.97 Å². The fourth-order valence-electron chi connectivity index (χ4n) is 2.33. The molecule has 1 amide bonds. The van der Waals surface area contributed by atoms with Gasteiger partial charge in [-0.3, -0.25) is 9.59 Å². The maximum Gasteiger partial charge on any atom is 0.303 e. The second kappa shape index (κ2) is 9.36. The van der Waals surface area contributed by atoms with Crippen LogP contribution in [-0.4, -0.2) is 24.0 Å². The molecule has 1 heterocycles. The number of benzene rings is 1. The van der Waals surface area contributed by atoms with E-state index in [9.17, 15) is 9.59 Å². The van der Waals surface area contributed by atoms with Gasteiger partial charge in [-0.2, -0.15) is 0 Å². The summed E-state index contributed by atoms with van der Waals surface area (Å²) in [6.07, 6.45) is 3.48. The second-order valence-electron chi connectivity index (χ2n) is 5.64. The molecule has 1 aromatic heterocycles. The lowest BCUT2D eigenvalue weighted by atomic mass is 10.1. The zero-order chi connectivity index (χ0) is 18.9. The molecule has 1 N–H and O–H groups in total. The highest BCUT2D eigenvalue weighted by atomic mass is 16.5. The van der Waals surface area contributed by atoms with Crippen LogP contribution in [0.3, 0.4) is 0 Å². The summed E-state index contributed by atoms with van der Waals surface area (Å²) in [6.45, 7) is 4.98. The molecule has 0 aliphatic carbocycles. The number of hydrogen-bond donors (Lipinski definition) is 1. The van der Waals surface area contributed by atoms with E-state index >= 15 is 0 Å². The molecule has 2 aromatic rings. The number of rotatable bonds is 8. The van der Waals surface area contributed by atoms with Crippen molar-refractivity contribution in [3.05, 3.63) is 66.4 Å². The first-order chi connectivity index (χ1) is 12.5. The molecular formula is C20H22N2O4. The smallest absolute Gasteiger partial charge is 0.303 e. The standard InChI is InChI=1S/C20H22N2O4/c1-4-18(26-14(2)23)16-8-11-19(21-13-16)22-20(24)12-7-15-5-9-17(25-3)10-6-15/h4-6,8-11,13,18H,1,7,12H2,2-3H3,(H,21,22,24). The van der Waals surface area contributed by atoms with Crippen molar-refractivity contribution in [3.63, 3.8) is 0 Å². The van der Waals surface area contributed by atoms with Crippen molar-refractivity contribution in [3.8, 4) is 5.75 Å². The summed E-state index contributed by atoms with van der Waals surface area (Å²) in [4.78, 5) is 27.3. The van der Waals surface area contributed by atoms with E-state index < -0.39 is 12.1 Å². The molecule has 6 heteroatoms. The molecular weight excluding hydrogens is 332 g/mol. The third kappa shape index (κ3) is 5.73. The van der Waals surface area contributed by atoms with Crippen LogP contribution in [-0.2, 0) is 20.7 Å². The van der Waals surface area contributed by atoms with Gasteiger partial charge in [-0.25, -0.2) is 4.98 Å². The van der Waals surface area contributed by atoms with Crippen LogP contribution >= 0.6 is 0 Å². The first-order valence-electron chi connectivity index (χ1n) is 8.20. The summed E-state index contributed by atoms with van der Waals surface area (Å²) in [7, 11) is 1.62. The van der Waals surface area contributed by atoms with Crippen molar-refractivity contribution in [2.24, 2.45) is 0 Å². The normalized spacial score (nSPS) is 11.3. The Balaban J connectivity index is 1.88. The van der Waals surface area contributed by atoms with Gasteiger partial charge in [0, 0.05) is 25.1 Å². The molecule has 26 heavy (non-hydrogen) atoms. The number of hydrogen-bond acceptors (Lipinski definition) is 5. The number of carbonyl (C=O) groups excluding carboxylic acids is 2. The van der Waals surface area contributed by atoms with E-state index in [1.54, 1.807) is 25.4 Å². The molecule has 6 nitrogen and oxygen atoms in total. The van der Waals surface area contributed by atoms with E-state index in [2.05, 4.69) is 16.9 Å². The van der Waals surface area contributed by atoms with Crippen LogP contribution in [0.2, 0.25) is 0 Å². The van der Waals surface area contributed by atoms with Gasteiger partial charge in [0.15, 0.2) is 0 Å². The first-order valence-corrected chi connectivity index (χ1v) is 8.20. The van der Waals surface area contributed by atoms with Gasteiger partial charge in [0.05, 0.1) is 7.11 Å².